The van der Waals surface area contributed by atoms with Gasteiger partial charge in [-0.25, -0.2) is 4.98 Å². The summed E-state index contributed by atoms with van der Waals surface area (Å²) in [6.45, 7) is 10.1. The molecule has 2 aromatic heterocycles. The minimum Gasteiger partial charge on any atom is -0.338 e. The Morgan fingerprint density at radius 3 is 3.04 bits per heavy atom. The summed E-state index contributed by atoms with van der Waals surface area (Å²) in [7, 11) is 0. The number of aromatic nitrogens is 2. The second-order valence-corrected chi connectivity index (χ2v) is 7.51. The predicted octanol–water partition coefficient (Wildman–Crippen LogP) is 2.14. The number of pyridine rings is 1. The van der Waals surface area contributed by atoms with Crippen LogP contribution in [0.1, 0.15) is 29.5 Å². The predicted molar refractivity (Wildman–Crippen MR) is 98.8 cm³/mol. The largest absolute Gasteiger partial charge is 0.338 e. The maximum absolute atomic E-state index is 13.3. The van der Waals surface area contributed by atoms with Crippen molar-refractivity contribution in [3.63, 3.8) is 0 Å². The van der Waals surface area contributed by atoms with Crippen molar-refractivity contribution in [1.82, 2.24) is 19.2 Å². The third-order valence-corrected chi connectivity index (χ3v) is 6.00. The van der Waals surface area contributed by atoms with Gasteiger partial charge in [-0.1, -0.05) is 19.1 Å². The standard InChI is InChI=1S/C20H24N4O2/c1-4-9-22-11-8-20(19(22)26)13-23(12-14(20)2)18(25)17-15(3)21-16-7-5-6-10-24(16)17/h4-7,10,14H,1,8-9,11-13H2,2-3H3/t14-,20-/m1/s1. The van der Waals surface area contributed by atoms with E-state index in [1.807, 2.05) is 45.5 Å². The number of fused-ring (bicyclic) bond motifs is 1. The van der Waals surface area contributed by atoms with Gasteiger partial charge in [-0.3, -0.25) is 14.0 Å². The molecule has 0 bridgehead atoms. The van der Waals surface area contributed by atoms with Crippen molar-refractivity contribution >= 4 is 17.5 Å². The summed E-state index contributed by atoms with van der Waals surface area (Å²) in [6.07, 6.45) is 4.43. The number of amides is 2. The second-order valence-electron chi connectivity index (χ2n) is 7.51. The summed E-state index contributed by atoms with van der Waals surface area (Å²) in [5.74, 6) is 0.267. The highest BCUT2D eigenvalue weighted by Crippen LogP contribution is 2.45. The van der Waals surface area contributed by atoms with Gasteiger partial charge >= 0.3 is 0 Å². The quantitative estimate of drug-likeness (QED) is 0.795. The van der Waals surface area contributed by atoms with Crippen LogP contribution in [0.15, 0.2) is 37.1 Å². The maximum Gasteiger partial charge on any atom is 0.272 e. The number of hydrogen-bond donors (Lipinski definition) is 0. The first kappa shape index (κ1) is 16.8. The first-order chi connectivity index (χ1) is 12.5. The van der Waals surface area contributed by atoms with Gasteiger partial charge < -0.3 is 9.80 Å². The van der Waals surface area contributed by atoms with Gasteiger partial charge in [0.15, 0.2) is 0 Å². The molecule has 0 aromatic carbocycles. The number of rotatable bonds is 3. The lowest BCUT2D eigenvalue weighted by atomic mass is 9.78. The summed E-state index contributed by atoms with van der Waals surface area (Å²) < 4.78 is 1.84. The molecule has 136 valence electrons. The zero-order valence-electron chi connectivity index (χ0n) is 15.3. The van der Waals surface area contributed by atoms with Crippen LogP contribution < -0.4 is 0 Å². The molecule has 6 nitrogen and oxygen atoms in total. The lowest BCUT2D eigenvalue weighted by molar-refractivity contribution is -0.136. The number of carbonyl (C=O) groups is 2. The zero-order chi connectivity index (χ0) is 18.5. The van der Waals surface area contributed by atoms with Gasteiger partial charge in [0.25, 0.3) is 5.91 Å². The van der Waals surface area contributed by atoms with E-state index in [1.165, 1.54) is 0 Å². The third-order valence-electron chi connectivity index (χ3n) is 6.00. The minimum absolute atomic E-state index is 0.0418. The van der Waals surface area contributed by atoms with Crippen molar-refractivity contribution in [1.29, 1.82) is 0 Å². The fourth-order valence-electron chi connectivity index (χ4n) is 4.53. The summed E-state index contributed by atoms with van der Waals surface area (Å²) >= 11 is 0. The van der Waals surface area contributed by atoms with E-state index < -0.39 is 5.41 Å². The van der Waals surface area contributed by atoms with Crippen molar-refractivity contribution in [2.45, 2.75) is 20.3 Å². The van der Waals surface area contributed by atoms with E-state index in [0.717, 1.165) is 24.3 Å². The Bertz CT molecular complexity index is 902. The molecule has 1 spiro atoms. The molecule has 26 heavy (non-hydrogen) atoms. The zero-order valence-corrected chi connectivity index (χ0v) is 15.3. The summed E-state index contributed by atoms with van der Waals surface area (Å²) in [5, 5.41) is 0. The smallest absolute Gasteiger partial charge is 0.272 e. The van der Waals surface area contributed by atoms with E-state index in [0.29, 0.717) is 25.3 Å². The number of carbonyl (C=O) groups excluding carboxylic acids is 2. The summed E-state index contributed by atoms with van der Waals surface area (Å²) in [5.41, 5.74) is 1.64. The minimum atomic E-state index is -0.451. The van der Waals surface area contributed by atoms with E-state index >= 15 is 0 Å². The molecule has 0 saturated carbocycles. The van der Waals surface area contributed by atoms with Gasteiger partial charge in [-0.15, -0.1) is 6.58 Å². The molecule has 6 heteroatoms. The van der Waals surface area contributed by atoms with Crippen LogP contribution in [0.25, 0.3) is 5.65 Å². The highest BCUT2D eigenvalue weighted by molar-refractivity contribution is 5.96. The molecule has 2 fully saturated rings. The molecule has 0 N–H and O–H groups in total. The second kappa shape index (κ2) is 5.97. The van der Waals surface area contributed by atoms with Gasteiger partial charge in [0, 0.05) is 32.4 Å². The summed E-state index contributed by atoms with van der Waals surface area (Å²) in [4.78, 5) is 34.4. The van der Waals surface area contributed by atoms with Crippen LogP contribution in [0.2, 0.25) is 0 Å². The molecule has 0 radical (unpaired) electrons. The van der Waals surface area contributed by atoms with E-state index in [-0.39, 0.29) is 17.7 Å². The molecule has 2 aliphatic heterocycles. The van der Waals surface area contributed by atoms with E-state index in [2.05, 4.69) is 18.5 Å². The van der Waals surface area contributed by atoms with Crippen LogP contribution in [0.4, 0.5) is 0 Å². The Hall–Kier alpha value is -2.63. The van der Waals surface area contributed by atoms with Gasteiger partial charge in [0.05, 0.1) is 11.1 Å². The van der Waals surface area contributed by atoms with Gasteiger partial charge in [-0.2, -0.15) is 0 Å². The molecule has 0 unspecified atom stereocenters. The van der Waals surface area contributed by atoms with E-state index in [1.54, 1.807) is 6.08 Å². The number of aryl methyl sites for hydroxylation is 1. The molecule has 4 heterocycles. The van der Waals surface area contributed by atoms with Crippen molar-refractivity contribution in [2.24, 2.45) is 11.3 Å². The Labute approximate surface area is 153 Å². The maximum atomic E-state index is 13.3. The molecule has 2 aromatic rings. The fourth-order valence-corrected chi connectivity index (χ4v) is 4.53. The molecular formula is C20H24N4O2. The Balaban J connectivity index is 1.64. The van der Waals surface area contributed by atoms with Gasteiger partial charge in [-0.05, 0) is 31.4 Å². The monoisotopic (exact) mass is 352 g/mol. The number of imidazole rings is 1. The van der Waals surface area contributed by atoms with Crippen molar-refractivity contribution < 1.29 is 9.59 Å². The average molecular weight is 352 g/mol. The molecule has 2 atom stereocenters. The topological polar surface area (TPSA) is 57.9 Å². The van der Waals surface area contributed by atoms with Crippen molar-refractivity contribution in [3.8, 4) is 0 Å². The van der Waals surface area contributed by atoms with Crippen molar-refractivity contribution in [2.75, 3.05) is 26.2 Å². The number of nitrogens with zero attached hydrogens (tertiary/aromatic N) is 4. The molecule has 2 amide bonds. The molecule has 2 aliphatic rings. The third kappa shape index (κ3) is 2.28. The Morgan fingerprint density at radius 2 is 2.27 bits per heavy atom. The van der Waals surface area contributed by atoms with Crippen LogP contribution in [-0.2, 0) is 4.79 Å². The lowest BCUT2D eigenvalue weighted by Gasteiger charge is -2.26. The van der Waals surface area contributed by atoms with Crippen LogP contribution in [0, 0.1) is 18.3 Å². The van der Waals surface area contributed by atoms with Crippen molar-refractivity contribution in [3.05, 3.63) is 48.4 Å². The number of likely N-dealkylation sites (tertiary alicyclic amines) is 2. The SMILES string of the molecule is C=CCN1CC[C@]2(CN(C(=O)c3c(C)nc4ccccn34)C[C@H]2C)C1=O. The molecule has 2 saturated heterocycles. The summed E-state index contributed by atoms with van der Waals surface area (Å²) in [6, 6.07) is 5.70. The van der Waals surface area contributed by atoms with Crippen LogP contribution >= 0.6 is 0 Å². The lowest BCUT2D eigenvalue weighted by Crippen LogP contribution is -2.40. The van der Waals surface area contributed by atoms with E-state index in [9.17, 15) is 9.59 Å². The first-order valence-corrected chi connectivity index (χ1v) is 9.11. The Kier molecular flexibility index (Phi) is 3.86. The van der Waals surface area contributed by atoms with E-state index in [4.69, 9.17) is 0 Å². The fraction of sp³-hybridized carbons (Fsp3) is 0.450. The molecule has 0 aliphatic carbocycles. The van der Waals surface area contributed by atoms with Crippen LogP contribution in [0.3, 0.4) is 0 Å². The molecule has 4 rings (SSSR count). The average Bonchev–Trinajstić information content (AvgIpc) is 3.24. The van der Waals surface area contributed by atoms with Crippen LogP contribution in [-0.4, -0.2) is 57.2 Å². The normalized spacial score (nSPS) is 25.6. The Morgan fingerprint density at radius 1 is 1.46 bits per heavy atom. The highest BCUT2D eigenvalue weighted by Gasteiger charge is 2.55. The van der Waals surface area contributed by atoms with Gasteiger partial charge in [0.2, 0.25) is 5.91 Å². The van der Waals surface area contributed by atoms with Crippen LogP contribution in [0.5, 0.6) is 0 Å². The van der Waals surface area contributed by atoms with Gasteiger partial charge in [0.1, 0.15) is 11.3 Å². The molecular weight excluding hydrogens is 328 g/mol. The first-order valence-electron chi connectivity index (χ1n) is 9.11. The highest BCUT2D eigenvalue weighted by atomic mass is 16.2. The number of hydrogen-bond acceptors (Lipinski definition) is 3.